The summed E-state index contributed by atoms with van der Waals surface area (Å²) in [7, 11) is 0. The van der Waals surface area contributed by atoms with Crippen LogP contribution in [0.4, 0.5) is 19.0 Å². The minimum atomic E-state index is -4.47. The van der Waals surface area contributed by atoms with E-state index in [0.29, 0.717) is 12.4 Å². The molecule has 0 spiro atoms. The third kappa shape index (κ3) is 3.65. The molecular weight excluding hydrogens is 343 g/mol. The molecule has 5 nitrogen and oxygen atoms in total. The Labute approximate surface area is 140 Å². The van der Waals surface area contributed by atoms with Gasteiger partial charge in [-0.1, -0.05) is 11.6 Å². The van der Waals surface area contributed by atoms with Crippen LogP contribution in [0.25, 0.3) is 5.82 Å². The smallest absolute Gasteiger partial charge is 0.365 e. The first-order chi connectivity index (χ1) is 11.4. The van der Waals surface area contributed by atoms with E-state index in [-0.39, 0.29) is 10.8 Å². The van der Waals surface area contributed by atoms with E-state index < -0.39 is 11.7 Å². The Kier molecular flexibility index (Phi) is 4.39. The second kappa shape index (κ2) is 6.48. The van der Waals surface area contributed by atoms with Crippen LogP contribution in [-0.4, -0.2) is 19.5 Å². The van der Waals surface area contributed by atoms with Crippen molar-refractivity contribution in [3.8, 4) is 5.82 Å². The van der Waals surface area contributed by atoms with Crippen LogP contribution in [0.1, 0.15) is 11.1 Å². The summed E-state index contributed by atoms with van der Waals surface area (Å²) in [6.45, 7) is 0.336. The average Bonchev–Trinajstić information content (AvgIpc) is 3.07. The van der Waals surface area contributed by atoms with E-state index >= 15 is 0 Å². The molecule has 1 N–H and O–H groups in total. The lowest BCUT2D eigenvalue weighted by molar-refractivity contribution is -0.137. The highest BCUT2D eigenvalue weighted by Gasteiger charge is 2.31. The first kappa shape index (κ1) is 16.3. The number of alkyl halides is 3. The van der Waals surface area contributed by atoms with E-state index in [1.165, 1.54) is 0 Å². The fourth-order valence-corrected chi connectivity index (χ4v) is 2.25. The highest BCUT2D eigenvalue weighted by atomic mass is 35.5. The minimum absolute atomic E-state index is 0.0892. The Bertz CT molecular complexity index is 833. The van der Waals surface area contributed by atoms with Crippen LogP contribution < -0.4 is 5.32 Å². The van der Waals surface area contributed by atoms with Crippen molar-refractivity contribution in [3.05, 3.63) is 65.5 Å². The van der Waals surface area contributed by atoms with Crippen molar-refractivity contribution >= 4 is 17.4 Å². The summed E-state index contributed by atoms with van der Waals surface area (Å²) in [6.07, 6.45) is 2.92. The van der Waals surface area contributed by atoms with E-state index in [0.717, 1.165) is 17.8 Å². The highest BCUT2D eigenvalue weighted by molar-refractivity contribution is 6.32. The van der Waals surface area contributed by atoms with E-state index in [1.807, 2.05) is 6.07 Å². The lowest BCUT2D eigenvalue weighted by Crippen LogP contribution is -2.08. The Hall–Kier alpha value is -2.61. The van der Waals surface area contributed by atoms with Crippen LogP contribution in [0.15, 0.2) is 49.3 Å². The van der Waals surface area contributed by atoms with E-state index in [1.54, 1.807) is 35.6 Å². The zero-order valence-corrected chi connectivity index (χ0v) is 12.9. The molecule has 3 heterocycles. The summed E-state index contributed by atoms with van der Waals surface area (Å²) in [6, 6.07) is 4.46. The van der Waals surface area contributed by atoms with Gasteiger partial charge >= 0.3 is 6.18 Å². The van der Waals surface area contributed by atoms with Crippen LogP contribution in [0.2, 0.25) is 5.02 Å². The van der Waals surface area contributed by atoms with Gasteiger partial charge in [0.05, 0.1) is 10.6 Å². The molecule has 0 fully saturated rings. The molecule has 0 atom stereocenters. The van der Waals surface area contributed by atoms with Crippen LogP contribution >= 0.6 is 11.6 Å². The van der Waals surface area contributed by atoms with Crippen molar-refractivity contribution in [2.45, 2.75) is 12.7 Å². The number of anilines is 1. The molecule has 0 aliphatic heterocycles. The zero-order chi connectivity index (χ0) is 17.2. The van der Waals surface area contributed by atoms with Crippen LogP contribution in [-0.2, 0) is 12.7 Å². The number of aromatic nitrogens is 4. The molecule has 0 amide bonds. The highest BCUT2D eigenvalue weighted by Crippen LogP contribution is 2.32. The molecule has 0 saturated carbocycles. The maximum Gasteiger partial charge on any atom is 0.417 e. The van der Waals surface area contributed by atoms with Crippen molar-refractivity contribution in [1.29, 1.82) is 0 Å². The van der Waals surface area contributed by atoms with E-state index in [2.05, 4.69) is 20.3 Å². The van der Waals surface area contributed by atoms with Gasteiger partial charge in [0.2, 0.25) is 0 Å². The molecule has 0 aromatic carbocycles. The molecule has 0 bridgehead atoms. The van der Waals surface area contributed by atoms with Gasteiger partial charge in [-0.15, -0.1) is 0 Å². The van der Waals surface area contributed by atoms with E-state index in [9.17, 15) is 13.2 Å². The Morgan fingerprint density at radius 1 is 1.17 bits per heavy atom. The monoisotopic (exact) mass is 353 g/mol. The number of hydrogen-bond donors (Lipinski definition) is 1. The van der Waals surface area contributed by atoms with Gasteiger partial charge in [-0.25, -0.2) is 15.0 Å². The van der Waals surface area contributed by atoms with Crippen LogP contribution in [0.5, 0.6) is 0 Å². The number of nitrogens with zero attached hydrogens (tertiary/aromatic N) is 4. The predicted octanol–water partition coefficient (Wildman–Crippen LogP) is 3.95. The van der Waals surface area contributed by atoms with Crippen molar-refractivity contribution in [2.75, 3.05) is 5.32 Å². The van der Waals surface area contributed by atoms with Gasteiger partial charge in [0, 0.05) is 31.3 Å². The van der Waals surface area contributed by atoms with Crippen molar-refractivity contribution in [2.24, 2.45) is 0 Å². The molecule has 24 heavy (non-hydrogen) atoms. The number of pyridine rings is 2. The summed E-state index contributed by atoms with van der Waals surface area (Å²) < 4.78 is 39.5. The Morgan fingerprint density at radius 3 is 2.67 bits per heavy atom. The summed E-state index contributed by atoms with van der Waals surface area (Å²) in [5, 5.41) is 2.83. The number of nitrogens with one attached hydrogen (secondary N) is 1. The van der Waals surface area contributed by atoms with Gasteiger partial charge in [-0.2, -0.15) is 13.2 Å². The maximum atomic E-state index is 12.6. The molecule has 0 aliphatic rings. The standard InChI is InChI=1S/C15H11ClF3N5/c16-12-6-11(15(17,18)19)8-23-14(12)22-7-10-1-2-21-13(5-10)24-4-3-20-9-24/h1-6,8-9H,7H2,(H,22,23). The second-order valence-corrected chi connectivity index (χ2v) is 5.31. The van der Waals surface area contributed by atoms with Gasteiger partial charge in [0.25, 0.3) is 0 Å². The minimum Gasteiger partial charge on any atom is -0.365 e. The number of imidazole rings is 1. The summed E-state index contributed by atoms with van der Waals surface area (Å²) in [4.78, 5) is 11.9. The van der Waals surface area contributed by atoms with Crippen LogP contribution in [0.3, 0.4) is 0 Å². The molecule has 3 aromatic heterocycles. The Balaban J connectivity index is 1.73. The third-order valence-corrected chi connectivity index (χ3v) is 3.50. The average molecular weight is 354 g/mol. The molecule has 3 rings (SSSR count). The number of halogens is 4. The predicted molar refractivity (Wildman–Crippen MR) is 82.9 cm³/mol. The fourth-order valence-electron chi connectivity index (χ4n) is 2.02. The molecule has 9 heteroatoms. The lowest BCUT2D eigenvalue weighted by Gasteiger charge is -2.11. The van der Waals surface area contributed by atoms with Crippen molar-refractivity contribution < 1.29 is 13.2 Å². The van der Waals surface area contributed by atoms with Crippen molar-refractivity contribution in [3.63, 3.8) is 0 Å². The van der Waals surface area contributed by atoms with Gasteiger partial charge in [0.15, 0.2) is 0 Å². The quantitative estimate of drug-likeness (QED) is 0.771. The zero-order valence-electron chi connectivity index (χ0n) is 12.1. The molecule has 0 radical (unpaired) electrons. The molecule has 0 aliphatic carbocycles. The second-order valence-electron chi connectivity index (χ2n) is 4.90. The third-order valence-electron chi connectivity index (χ3n) is 3.21. The molecule has 124 valence electrons. The van der Waals surface area contributed by atoms with Gasteiger partial charge in [-0.3, -0.25) is 4.57 Å². The summed E-state index contributed by atoms with van der Waals surface area (Å²) in [5.41, 5.74) is -0.0178. The first-order valence-electron chi connectivity index (χ1n) is 6.83. The lowest BCUT2D eigenvalue weighted by atomic mass is 10.2. The van der Waals surface area contributed by atoms with Gasteiger partial charge in [-0.05, 0) is 23.8 Å². The molecule has 3 aromatic rings. The van der Waals surface area contributed by atoms with Crippen molar-refractivity contribution in [1.82, 2.24) is 19.5 Å². The molecule has 0 unspecified atom stereocenters. The van der Waals surface area contributed by atoms with Gasteiger partial charge in [0.1, 0.15) is 18.0 Å². The van der Waals surface area contributed by atoms with Gasteiger partial charge < -0.3 is 5.32 Å². The maximum absolute atomic E-state index is 12.6. The van der Waals surface area contributed by atoms with E-state index in [4.69, 9.17) is 11.6 Å². The SMILES string of the molecule is FC(F)(F)c1cnc(NCc2ccnc(-n3ccnc3)c2)c(Cl)c1. The number of rotatable bonds is 4. The summed E-state index contributed by atoms with van der Waals surface area (Å²) in [5.74, 6) is 0.865. The Morgan fingerprint density at radius 2 is 2.00 bits per heavy atom. The normalized spacial score (nSPS) is 11.5. The molecule has 0 saturated heterocycles. The fraction of sp³-hybridized carbons (Fsp3) is 0.133. The molecular formula is C15H11ClF3N5. The van der Waals surface area contributed by atoms with Crippen LogP contribution in [0, 0.1) is 0 Å². The summed E-state index contributed by atoms with van der Waals surface area (Å²) >= 11 is 5.86. The number of hydrogen-bond acceptors (Lipinski definition) is 4. The largest absolute Gasteiger partial charge is 0.417 e. The topological polar surface area (TPSA) is 55.6 Å². The first-order valence-corrected chi connectivity index (χ1v) is 7.21.